The van der Waals surface area contributed by atoms with Gasteiger partial charge < -0.3 is 15.3 Å². The van der Waals surface area contributed by atoms with Crippen LogP contribution in [0.4, 0.5) is 0 Å². The van der Waals surface area contributed by atoms with E-state index >= 15 is 0 Å². The fraction of sp³-hybridized carbons (Fsp3) is 0.846. The summed E-state index contributed by atoms with van der Waals surface area (Å²) in [6.07, 6.45) is 2.40. The molecule has 5 nitrogen and oxygen atoms in total. The summed E-state index contributed by atoms with van der Waals surface area (Å²) >= 11 is 0. The van der Waals surface area contributed by atoms with Gasteiger partial charge in [-0.15, -0.1) is 0 Å². The Morgan fingerprint density at radius 3 is 2.78 bits per heavy atom. The first kappa shape index (κ1) is 15.0. The van der Waals surface area contributed by atoms with Gasteiger partial charge in [-0.25, -0.2) is 0 Å². The summed E-state index contributed by atoms with van der Waals surface area (Å²) in [5, 5.41) is 12.0. The van der Waals surface area contributed by atoms with Crippen molar-refractivity contribution in [1.29, 1.82) is 0 Å². The van der Waals surface area contributed by atoms with Crippen molar-refractivity contribution >= 4 is 11.9 Å². The van der Waals surface area contributed by atoms with Gasteiger partial charge in [0.2, 0.25) is 5.91 Å². The van der Waals surface area contributed by atoms with Crippen molar-refractivity contribution in [2.75, 3.05) is 19.6 Å². The van der Waals surface area contributed by atoms with Crippen molar-refractivity contribution in [3.05, 3.63) is 0 Å². The topological polar surface area (TPSA) is 69.6 Å². The molecule has 1 saturated heterocycles. The smallest absolute Gasteiger partial charge is 0.303 e. The summed E-state index contributed by atoms with van der Waals surface area (Å²) in [7, 11) is 0. The Morgan fingerprint density at radius 2 is 2.17 bits per heavy atom. The van der Waals surface area contributed by atoms with Crippen molar-refractivity contribution < 1.29 is 14.7 Å². The maximum atomic E-state index is 11.9. The van der Waals surface area contributed by atoms with E-state index in [9.17, 15) is 9.59 Å². The van der Waals surface area contributed by atoms with E-state index in [1.54, 1.807) is 0 Å². The Balaban J connectivity index is 2.17. The lowest BCUT2D eigenvalue weighted by Gasteiger charge is -2.16. The molecule has 18 heavy (non-hydrogen) atoms. The maximum Gasteiger partial charge on any atom is 0.303 e. The first-order valence-corrected chi connectivity index (χ1v) is 6.72. The zero-order valence-corrected chi connectivity index (χ0v) is 11.3. The fourth-order valence-corrected chi connectivity index (χ4v) is 2.26. The van der Waals surface area contributed by atoms with Crippen LogP contribution in [0.15, 0.2) is 0 Å². The minimum atomic E-state index is -0.768. The van der Waals surface area contributed by atoms with Crippen molar-refractivity contribution in [1.82, 2.24) is 10.2 Å². The number of carboxylic acid groups (broad SMARTS) is 1. The van der Waals surface area contributed by atoms with E-state index in [1.807, 2.05) is 4.90 Å². The lowest BCUT2D eigenvalue weighted by Crippen LogP contribution is -2.30. The second-order valence-electron chi connectivity index (χ2n) is 5.30. The van der Waals surface area contributed by atoms with E-state index in [4.69, 9.17) is 5.11 Å². The van der Waals surface area contributed by atoms with Gasteiger partial charge in [0.25, 0.3) is 0 Å². The van der Waals surface area contributed by atoms with Gasteiger partial charge in [0.15, 0.2) is 0 Å². The predicted molar refractivity (Wildman–Crippen MR) is 69.3 cm³/mol. The number of nitrogens with one attached hydrogen (secondary N) is 1. The Labute approximate surface area is 109 Å². The normalized spacial score (nSPS) is 19.5. The Morgan fingerprint density at radius 1 is 1.44 bits per heavy atom. The number of carboxylic acids is 1. The summed E-state index contributed by atoms with van der Waals surface area (Å²) in [6, 6.07) is 0.451. The van der Waals surface area contributed by atoms with Crippen LogP contribution in [0.25, 0.3) is 0 Å². The second-order valence-corrected chi connectivity index (χ2v) is 5.30. The third-order valence-corrected chi connectivity index (χ3v) is 3.22. The molecule has 2 N–H and O–H groups in total. The molecular formula is C13H24N2O3. The maximum absolute atomic E-state index is 11.9. The van der Waals surface area contributed by atoms with E-state index in [2.05, 4.69) is 19.2 Å². The molecule has 0 aliphatic carbocycles. The molecule has 1 fully saturated rings. The Kier molecular flexibility index (Phi) is 6.12. The molecule has 5 heteroatoms. The minimum absolute atomic E-state index is 0.139. The molecular weight excluding hydrogens is 232 g/mol. The van der Waals surface area contributed by atoms with Gasteiger partial charge in [-0.2, -0.15) is 0 Å². The van der Waals surface area contributed by atoms with Gasteiger partial charge in [-0.05, 0) is 25.3 Å². The minimum Gasteiger partial charge on any atom is -0.481 e. The highest BCUT2D eigenvalue weighted by atomic mass is 16.4. The molecule has 1 atom stereocenters. The molecule has 0 spiro atoms. The molecule has 0 aromatic carbocycles. The quantitative estimate of drug-likeness (QED) is 0.669. The SMILES string of the molecule is CC(C)NCCCC(=O)N1CCC(CC(=O)O)C1. The average molecular weight is 256 g/mol. The monoisotopic (exact) mass is 256 g/mol. The van der Waals surface area contributed by atoms with Gasteiger partial charge in [-0.3, -0.25) is 9.59 Å². The summed E-state index contributed by atoms with van der Waals surface area (Å²) in [5.74, 6) is -0.468. The molecule has 1 heterocycles. The van der Waals surface area contributed by atoms with Crippen LogP contribution in [-0.2, 0) is 9.59 Å². The molecule has 0 bridgehead atoms. The first-order valence-electron chi connectivity index (χ1n) is 6.72. The summed E-state index contributed by atoms with van der Waals surface area (Å²) in [5.41, 5.74) is 0. The molecule has 104 valence electrons. The molecule has 1 aliphatic heterocycles. The van der Waals surface area contributed by atoms with E-state index in [1.165, 1.54) is 0 Å². The van der Waals surface area contributed by atoms with Crippen LogP contribution in [0.2, 0.25) is 0 Å². The number of rotatable bonds is 7. The van der Waals surface area contributed by atoms with Crippen LogP contribution in [0.3, 0.4) is 0 Å². The first-order chi connectivity index (χ1) is 8.49. The van der Waals surface area contributed by atoms with Crippen LogP contribution in [-0.4, -0.2) is 47.6 Å². The third-order valence-electron chi connectivity index (χ3n) is 3.22. The predicted octanol–water partition coefficient (Wildman–Crippen LogP) is 1.09. The van der Waals surface area contributed by atoms with E-state index < -0.39 is 5.97 Å². The average Bonchev–Trinajstić information content (AvgIpc) is 2.71. The molecule has 1 rings (SSSR count). The zero-order chi connectivity index (χ0) is 13.5. The number of nitrogens with zero attached hydrogens (tertiary/aromatic N) is 1. The third kappa shape index (κ3) is 5.49. The molecule has 0 aromatic rings. The standard InChI is InChI=1S/C13H24N2O3/c1-10(2)14-6-3-4-12(16)15-7-5-11(9-15)8-13(17)18/h10-11,14H,3-9H2,1-2H3,(H,17,18). The van der Waals surface area contributed by atoms with Crippen LogP contribution in [0.1, 0.15) is 39.5 Å². The van der Waals surface area contributed by atoms with Crippen molar-refractivity contribution in [3.63, 3.8) is 0 Å². The molecule has 0 radical (unpaired) electrons. The summed E-state index contributed by atoms with van der Waals surface area (Å²) < 4.78 is 0. The Hall–Kier alpha value is -1.10. The van der Waals surface area contributed by atoms with E-state index in [0.717, 1.165) is 19.4 Å². The molecule has 0 saturated carbocycles. The van der Waals surface area contributed by atoms with Crippen LogP contribution in [0.5, 0.6) is 0 Å². The molecule has 1 aliphatic rings. The highest BCUT2D eigenvalue weighted by Gasteiger charge is 2.27. The number of aliphatic carboxylic acids is 1. The number of likely N-dealkylation sites (tertiary alicyclic amines) is 1. The summed E-state index contributed by atoms with van der Waals surface area (Å²) in [4.78, 5) is 24.3. The number of carbonyl (C=O) groups excluding carboxylic acids is 1. The van der Waals surface area contributed by atoms with Crippen LogP contribution in [0, 0.1) is 5.92 Å². The van der Waals surface area contributed by atoms with Crippen LogP contribution < -0.4 is 5.32 Å². The van der Waals surface area contributed by atoms with Gasteiger partial charge in [-0.1, -0.05) is 13.8 Å². The van der Waals surface area contributed by atoms with Gasteiger partial charge >= 0.3 is 5.97 Å². The lowest BCUT2D eigenvalue weighted by atomic mass is 10.1. The van der Waals surface area contributed by atoms with Gasteiger partial charge in [0.1, 0.15) is 0 Å². The zero-order valence-electron chi connectivity index (χ0n) is 11.3. The highest BCUT2D eigenvalue weighted by molar-refractivity contribution is 5.76. The number of hydrogen-bond donors (Lipinski definition) is 2. The van der Waals surface area contributed by atoms with Crippen molar-refractivity contribution in [2.45, 2.75) is 45.6 Å². The Bertz CT molecular complexity index is 292. The van der Waals surface area contributed by atoms with E-state index in [-0.39, 0.29) is 18.2 Å². The van der Waals surface area contributed by atoms with Crippen molar-refractivity contribution in [3.8, 4) is 0 Å². The second kappa shape index (κ2) is 7.36. The molecule has 0 aromatic heterocycles. The fourth-order valence-electron chi connectivity index (χ4n) is 2.26. The summed E-state index contributed by atoms with van der Waals surface area (Å²) in [6.45, 7) is 6.35. The van der Waals surface area contributed by atoms with Crippen molar-refractivity contribution in [2.24, 2.45) is 5.92 Å². The van der Waals surface area contributed by atoms with Gasteiger partial charge in [0, 0.05) is 32.0 Å². The van der Waals surface area contributed by atoms with E-state index in [0.29, 0.717) is 25.6 Å². The lowest BCUT2D eigenvalue weighted by molar-refractivity contribution is -0.138. The number of carbonyl (C=O) groups is 2. The number of hydrogen-bond acceptors (Lipinski definition) is 3. The van der Waals surface area contributed by atoms with Crippen LogP contribution >= 0.6 is 0 Å². The molecule has 1 amide bonds. The highest BCUT2D eigenvalue weighted by Crippen LogP contribution is 2.20. The van der Waals surface area contributed by atoms with Gasteiger partial charge in [0.05, 0.1) is 0 Å². The largest absolute Gasteiger partial charge is 0.481 e. The molecule has 1 unspecified atom stereocenters. The number of amides is 1.